The average Bonchev–Trinajstić information content (AvgIpc) is 2.43. The van der Waals surface area contributed by atoms with Gasteiger partial charge in [-0.3, -0.25) is 9.69 Å². The molecule has 0 aromatic rings. The molecule has 1 N–H and O–H groups in total. The monoisotopic (exact) mass is 267 g/mol. The maximum atomic E-state index is 11.3. The Hall–Kier alpha value is -0.610. The Labute approximate surface area is 117 Å². The second-order valence-corrected chi connectivity index (χ2v) is 6.38. The van der Waals surface area contributed by atoms with Gasteiger partial charge >= 0.3 is 0 Å². The molecule has 2 saturated heterocycles. The smallest absolute Gasteiger partial charge is 0.233 e. The van der Waals surface area contributed by atoms with E-state index in [1.165, 1.54) is 45.3 Å². The van der Waals surface area contributed by atoms with Crippen molar-refractivity contribution in [2.75, 3.05) is 46.3 Å². The van der Waals surface area contributed by atoms with Crippen LogP contribution >= 0.6 is 0 Å². The van der Waals surface area contributed by atoms with Gasteiger partial charge in [0.2, 0.25) is 5.91 Å². The van der Waals surface area contributed by atoms with Crippen molar-refractivity contribution in [2.24, 2.45) is 11.8 Å². The molecule has 0 atom stereocenters. The highest BCUT2D eigenvalue weighted by molar-refractivity contribution is 5.77. The molecule has 0 aromatic carbocycles. The molecule has 2 aliphatic heterocycles. The van der Waals surface area contributed by atoms with Gasteiger partial charge in [0.1, 0.15) is 0 Å². The molecule has 0 unspecified atom stereocenters. The van der Waals surface area contributed by atoms with Crippen LogP contribution in [0.3, 0.4) is 0 Å². The van der Waals surface area contributed by atoms with Gasteiger partial charge in [-0.1, -0.05) is 6.92 Å². The molecule has 0 aromatic heterocycles. The molecular formula is C15H29N3O. The van der Waals surface area contributed by atoms with E-state index in [-0.39, 0.29) is 5.91 Å². The van der Waals surface area contributed by atoms with E-state index in [9.17, 15) is 4.79 Å². The van der Waals surface area contributed by atoms with Gasteiger partial charge in [0.05, 0.1) is 6.54 Å². The number of rotatable bonds is 4. The molecule has 4 nitrogen and oxygen atoms in total. The van der Waals surface area contributed by atoms with Gasteiger partial charge in [0, 0.05) is 13.6 Å². The number of amides is 1. The average molecular weight is 267 g/mol. The fourth-order valence-corrected chi connectivity index (χ4v) is 3.22. The lowest BCUT2D eigenvalue weighted by Gasteiger charge is -2.37. The van der Waals surface area contributed by atoms with Crippen molar-refractivity contribution in [2.45, 2.75) is 32.6 Å². The van der Waals surface area contributed by atoms with E-state index in [0.29, 0.717) is 6.54 Å². The number of likely N-dealkylation sites (N-methyl/N-ethyl adjacent to an activating group) is 1. The molecule has 0 aliphatic carbocycles. The molecular weight excluding hydrogens is 238 g/mol. The molecule has 4 heteroatoms. The minimum absolute atomic E-state index is 0.142. The Kier molecular flexibility index (Phi) is 5.64. The first-order chi connectivity index (χ1) is 9.17. The standard InChI is InChI=1S/C15H29N3O/c1-13-3-7-17(8-4-13)11-14-5-9-18(10-6-14)12-15(19)16-2/h13-14H,3-12H2,1-2H3,(H,16,19). The summed E-state index contributed by atoms with van der Waals surface area (Å²) in [4.78, 5) is 16.3. The normalized spacial score (nSPS) is 24.5. The summed E-state index contributed by atoms with van der Waals surface area (Å²) in [7, 11) is 1.71. The van der Waals surface area contributed by atoms with Crippen LogP contribution in [0.2, 0.25) is 0 Å². The lowest BCUT2D eigenvalue weighted by atomic mass is 9.93. The fourth-order valence-electron chi connectivity index (χ4n) is 3.22. The van der Waals surface area contributed by atoms with E-state index in [2.05, 4.69) is 22.0 Å². The number of nitrogens with one attached hydrogen (secondary N) is 1. The van der Waals surface area contributed by atoms with Crippen LogP contribution < -0.4 is 5.32 Å². The quantitative estimate of drug-likeness (QED) is 0.831. The lowest BCUT2D eigenvalue weighted by molar-refractivity contribution is -0.122. The summed E-state index contributed by atoms with van der Waals surface area (Å²) in [6.45, 7) is 8.98. The van der Waals surface area contributed by atoms with Gasteiger partial charge < -0.3 is 10.2 Å². The Bertz CT molecular complexity index is 279. The minimum atomic E-state index is 0.142. The van der Waals surface area contributed by atoms with Gasteiger partial charge in [-0.2, -0.15) is 0 Å². The number of hydrogen-bond donors (Lipinski definition) is 1. The summed E-state index contributed by atoms with van der Waals surface area (Å²) in [6, 6.07) is 0. The van der Waals surface area contributed by atoms with Crippen molar-refractivity contribution in [3.05, 3.63) is 0 Å². The molecule has 1 amide bonds. The van der Waals surface area contributed by atoms with Gasteiger partial charge in [0.15, 0.2) is 0 Å². The highest BCUT2D eigenvalue weighted by atomic mass is 16.1. The maximum Gasteiger partial charge on any atom is 0.233 e. The molecule has 0 bridgehead atoms. The van der Waals surface area contributed by atoms with Crippen LogP contribution in [0.25, 0.3) is 0 Å². The molecule has 19 heavy (non-hydrogen) atoms. The predicted octanol–water partition coefficient (Wildman–Crippen LogP) is 1.18. The Morgan fingerprint density at radius 3 is 2.21 bits per heavy atom. The third kappa shape index (κ3) is 4.77. The van der Waals surface area contributed by atoms with E-state index >= 15 is 0 Å². The van der Waals surface area contributed by atoms with Gasteiger partial charge in [-0.25, -0.2) is 0 Å². The first-order valence-electron chi connectivity index (χ1n) is 7.82. The zero-order valence-electron chi connectivity index (χ0n) is 12.5. The van der Waals surface area contributed by atoms with E-state index in [0.717, 1.165) is 24.9 Å². The first-order valence-corrected chi connectivity index (χ1v) is 7.82. The highest BCUT2D eigenvalue weighted by Crippen LogP contribution is 2.22. The van der Waals surface area contributed by atoms with E-state index in [4.69, 9.17) is 0 Å². The largest absolute Gasteiger partial charge is 0.358 e. The SMILES string of the molecule is CNC(=O)CN1CCC(CN2CCC(C)CC2)CC1. The summed E-state index contributed by atoms with van der Waals surface area (Å²) in [5, 5.41) is 2.70. The molecule has 2 heterocycles. The number of piperidine rings is 2. The van der Waals surface area contributed by atoms with Crippen molar-refractivity contribution >= 4 is 5.91 Å². The molecule has 2 aliphatic rings. The number of hydrogen-bond acceptors (Lipinski definition) is 3. The summed E-state index contributed by atoms with van der Waals surface area (Å²) in [5.74, 6) is 1.91. The van der Waals surface area contributed by atoms with E-state index in [1.54, 1.807) is 7.05 Å². The fraction of sp³-hybridized carbons (Fsp3) is 0.933. The van der Waals surface area contributed by atoms with Crippen LogP contribution in [0.4, 0.5) is 0 Å². The zero-order chi connectivity index (χ0) is 13.7. The van der Waals surface area contributed by atoms with Crippen molar-refractivity contribution in [1.29, 1.82) is 0 Å². The van der Waals surface area contributed by atoms with Gasteiger partial charge in [-0.05, 0) is 63.7 Å². The van der Waals surface area contributed by atoms with Crippen LogP contribution in [-0.4, -0.2) is 62.0 Å². The second-order valence-electron chi connectivity index (χ2n) is 6.38. The molecule has 110 valence electrons. The number of likely N-dealkylation sites (tertiary alicyclic amines) is 2. The lowest BCUT2D eigenvalue weighted by Crippen LogP contribution is -2.44. The Morgan fingerprint density at radius 2 is 1.63 bits per heavy atom. The van der Waals surface area contributed by atoms with Crippen LogP contribution in [0.1, 0.15) is 32.6 Å². The molecule has 0 radical (unpaired) electrons. The maximum absolute atomic E-state index is 11.3. The number of carbonyl (C=O) groups is 1. The van der Waals surface area contributed by atoms with Gasteiger partial charge in [-0.15, -0.1) is 0 Å². The highest BCUT2D eigenvalue weighted by Gasteiger charge is 2.24. The van der Waals surface area contributed by atoms with E-state index in [1.807, 2.05) is 0 Å². The molecule has 2 rings (SSSR count). The van der Waals surface area contributed by atoms with Crippen molar-refractivity contribution in [3.63, 3.8) is 0 Å². The number of carbonyl (C=O) groups excluding carboxylic acids is 1. The summed E-state index contributed by atoms with van der Waals surface area (Å²) < 4.78 is 0. The Balaban J connectivity index is 1.64. The van der Waals surface area contributed by atoms with Crippen molar-refractivity contribution in [3.8, 4) is 0 Å². The van der Waals surface area contributed by atoms with Crippen LogP contribution in [0.5, 0.6) is 0 Å². The summed E-state index contributed by atoms with van der Waals surface area (Å²) >= 11 is 0. The van der Waals surface area contributed by atoms with E-state index < -0.39 is 0 Å². The third-order valence-corrected chi connectivity index (χ3v) is 4.75. The number of nitrogens with zero attached hydrogens (tertiary/aromatic N) is 2. The molecule has 2 fully saturated rings. The molecule has 0 spiro atoms. The third-order valence-electron chi connectivity index (χ3n) is 4.75. The van der Waals surface area contributed by atoms with Crippen LogP contribution in [0, 0.1) is 11.8 Å². The van der Waals surface area contributed by atoms with Crippen LogP contribution in [-0.2, 0) is 4.79 Å². The Morgan fingerprint density at radius 1 is 1.05 bits per heavy atom. The topological polar surface area (TPSA) is 35.6 Å². The minimum Gasteiger partial charge on any atom is -0.358 e. The van der Waals surface area contributed by atoms with Gasteiger partial charge in [0.25, 0.3) is 0 Å². The summed E-state index contributed by atoms with van der Waals surface area (Å²) in [6.07, 6.45) is 5.25. The predicted molar refractivity (Wildman–Crippen MR) is 78.1 cm³/mol. The zero-order valence-corrected chi connectivity index (χ0v) is 12.5. The van der Waals surface area contributed by atoms with Crippen LogP contribution in [0.15, 0.2) is 0 Å². The first kappa shape index (κ1) is 14.8. The molecule has 0 saturated carbocycles. The summed E-state index contributed by atoms with van der Waals surface area (Å²) in [5.41, 5.74) is 0. The van der Waals surface area contributed by atoms with Crippen molar-refractivity contribution < 1.29 is 4.79 Å². The second kappa shape index (κ2) is 7.25. The van der Waals surface area contributed by atoms with Crippen molar-refractivity contribution in [1.82, 2.24) is 15.1 Å².